The van der Waals surface area contributed by atoms with E-state index in [4.69, 9.17) is 15.2 Å². The number of nitrogens with two attached hydrogens (primary N) is 1. The van der Waals surface area contributed by atoms with Gasteiger partial charge < -0.3 is 15.2 Å². The Bertz CT molecular complexity index is 276. The Labute approximate surface area is 77.7 Å². The van der Waals surface area contributed by atoms with Crippen molar-refractivity contribution in [3.05, 3.63) is 17.8 Å². The van der Waals surface area contributed by atoms with Gasteiger partial charge in [-0.15, -0.1) is 0 Å². The van der Waals surface area contributed by atoms with Gasteiger partial charge in [-0.25, -0.2) is 4.98 Å². The third-order valence-corrected chi connectivity index (χ3v) is 1.50. The number of hydrogen-bond acceptors (Lipinski definition) is 4. The van der Waals surface area contributed by atoms with Gasteiger partial charge in [-0.2, -0.15) is 0 Å². The van der Waals surface area contributed by atoms with E-state index in [1.165, 1.54) is 0 Å². The molecule has 2 N–H and O–H groups in total. The predicted molar refractivity (Wildman–Crippen MR) is 50.1 cm³/mol. The molecule has 1 rings (SSSR count). The number of hydrogen-bond donors (Lipinski definition) is 1. The Hall–Kier alpha value is -1.29. The van der Waals surface area contributed by atoms with Crippen molar-refractivity contribution in [1.29, 1.82) is 0 Å². The molecule has 4 heteroatoms. The summed E-state index contributed by atoms with van der Waals surface area (Å²) >= 11 is 0. The minimum atomic E-state index is 0.504. The van der Waals surface area contributed by atoms with Crippen molar-refractivity contribution in [2.75, 3.05) is 20.3 Å². The summed E-state index contributed by atoms with van der Waals surface area (Å²) in [6.45, 7) is 2.90. The van der Waals surface area contributed by atoms with Gasteiger partial charge in [0, 0.05) is 24.4 Å². The van der Waals surface area contributed by atoms with Crippen molar-refractivity contribution in [2.45, 2.75) is 6.92 Å². The molecule has 0 aromatic carbocycles. The lowest BCUT2D eigenvalue weighted by molar-refractivity contribution is 0.322. The lowest BCUT2D eigenvalue weighted by Crippen LogP contribution is -2.10. The number of rotatable bonds is 4. The van der Waals surface area contributed by atoms with Gasteiger partial charge in [0.05, 0.1) is 7.11 Å². The van der Waals surface area contributed by atoms with Gasteiger partial charge >= 0.3 is 0 Å². The molecule has 0 bridgehead atoms. The van der Waals surface area contributed by atoms with E-state index in [1.54, 1.807) is 13.2 Å². The Balaban J connectivity index is 2.76. The van der Waals surface area contributed by atoms with E-state index < -0.39 is 0 Å². The third-order valence-electron chi connectivity index (χ3n) is 1.50. The summed E-state index contributed by atoms with van der Waals surface area (Å²) in [5, 5.41) is 0. The van der Waals surface area contributed by atoms with Crippen LogP contribution in [0.4, 0.5) is 0 Å². The lowest BCUT2D eigenvalue weighted by Gasteiger charge is -2.06. The third kappa shape index (κ3) is 2.91. The van der Waals surface area contributed by atoms with Crippen molar-refractivity contribution >= 4 is 0 Å². The summed E-state index contributed by atoms with van der Waals surface area (Å²) in [5.41, 5.74) is 6.18. The largest absolute Gasteiger partial charge is 0.492 e. The SMILES string of the molecule is COc1cc(OCCN)cc(C)n1. The van der Waals surface area contributed by atoms with Crippen LogP contribution in [0.15, 0.2) is 12.1 Å². The van der Waals surface area contributed by atoms with Crippen LogP contribution in [0, 0.1) is 6.92 Å². The van der Waals surface area contributed by atoms with Crippen LogP contribution in [0.5, 0.6) is 11.6 Å². The summed E-state index contributed by atoms with van der Waals surface area (Å²) < 4.78 is 10.3. The highest BCUT2D eigenvalue weighted by atomic mass is 16.5. The lowest BCUT2D eigenvalue weighted by atomic mass is 10.3. The zero-order valence-electron chi connectivity index (χ0n) is 7.91. The summed E-state index contributed by atoms with van der Waals surface area (Å²) in [5.74, 6) is 1.31. The number of ether oxygens (including phenoxy) is 2. The second-order valence-electron chi connectivity index (χ2n) is 2.62. The van der Waals surface area contributed by atoms with E-state index in [1.807, 2.05) is 13.0 Å². The van der Waals surface area contributed by atoms with Crippen molar-refractivity contribution < 1.29 is 9.47 Å². The normalized spacial score (nSPS) is 9.77. The molecule has 13 heavy (non-hydrogen) atoms. The van der Waals surface area contributed by atoms with E-state index >= 15 is 0 Å². The summed E-state index contributed by atoms with van der Waals surface area (Å²) in [4.78, 5) is 4.13. The molecule has 1 aromatic heterocycles. The number of aryl methyl sites for hydroxylation is 1. The van der Waals surface area contributed by atoms with Gasteiger partial charge in [-0.05, 0) is 6.92 Å². The van der Waals surface area contributed by atoms with Crippen LogP contribution in [0.1, 0.15) is 5.69 Å². The molecule has 0 atom stereocenters. The van der Waals surface area contributed by atoms with Crippen LogP contribution >= 0.6 is 0 Å². The van der Waals surface area contributed by atoms with E-state index in [-0.39, 0.29) is 0 Å². The maximum Gasteiger partial charge on any atom is 0.216 e. The van der Waals surface area contributed by atoms with E-state index in [0.717, 1.165) is 11.4 Å². The Morgan fingerprint density at radius 2 is 2.23 bits per heavy atom. The highest BCUT2D eigenvalue weighted by molar-refractivity contribution is 5.29. The van der Waals surface area contributed by atoms with Crippen LogP contribution < -0.4 is 15.2 Å². The molecular weight excluding hydrogens is 168 g/mol. The molecule has 0 saturated heterocycles. The van der Waals surface area contributed by atoms with Gasteiger partial charge in [0.15, 0.2) is 0 Å². The van der Waals surface area contributed by atoms with E-state index in [9.17, 15) is 0 Å². The summed E-state index contributed by atoms with van der Waals surface area (Å²) in [7, 11) is 1.58. The minimum absolute atomic E-state index is 0.504. The fourth-order valence-corrected chi connectivity index (χ4v) is 0.972. The van der Waals surface area contributed by atoms with Gasteiger partial charge in [-0.3, -0.25) is 0 Å². The second-order valence-corrected chi connectivity index (χ2v) is 2.62. The van der Waals surface area contributed by atoms with Gasteiger partial charge in [0.2, 0.25) is 5.88 Å². The monoisotopic (exact) mass is 182 g/mol. The molecule has 0 radical (unpaired) electrons. The number of methoxy groups -OCH3 is 1. The average Bonchev–Trinajstić information content (AvgIpc) is 2.14. The molecule has 0 amide bonds. The standard InChI is InChI=1S/C9H14N2O2/c1-7-5-8(13-4-3-10)6-9(11-7)12-2/h5-6H,3-4,10H2,1-2H3. The van der Waals surface area contributed by atoms with Gasteiger partial charge in [0.1, 0.15) is 12.4 Å². The molecule has 72 valence electrons. The first-order chi connectivity index (χ1) is 6.26. The van der Waals surface area contributed by atoms with Crippen LogP contribution in [0.25, 0.3) is 0 Å². The smallest absolute Gasteiger partial charge is 0.216 e. The maximum atomic E-state index is 5.33. The molecule has 0 fully saturated rings. The molecule has 1 aromatic rings. The minimum Gasteiger partial charge on any atom is -0.492 e. The maximum absolute atomic E-state index is 5.33. The highest BCUT2D eigenvalue weighted by Gasteiger charge is 1.99. The zero-order chi connectivity index (χ0) is 9.68. The Morgan fingerprint density at radius 1 is 1.46 bits per heavy atom. The molecule has 1 heterocycles. The fourth-order valence-electron chi connectivity index (χ4n) is 0.972. The first-order valence-electron chi connectivity index (χ1n) is 4.12. The van der Waals surface area contributed by atoms with E-state index in [0.29, 0.717) is 19.0 Å². The molecule has 0 saturated carbocycles. The highest BCUT2D eigenvalue weighted by Crippen LogP contribution is 2.18. The Morgan fingerprint density at radius 3 is 2.85 bits per heavy atom. The number of pyridine rings is 1. The summed E-state index contributed by atoms with van der Waals surface area (Å²) in [6.07, 6.45) is 0. The van der Waals surface area contributed by atoms with Gasteiger partial charge in [0.25, 0.3) is 0 Å². The quantitative estimate of drug-likeness (QED) is 0.746. The van der Waals surface area contributed by atoms with Crippen molar-refractivity contribution in [3.63, 3.8) is 0 Å². The van der Waals surface area contributed by atoms with Crippen molar-refractivity contribution in [2.24, 2.45) is 5.73 Å². The first kappa shape index (κ1) is 9.80. The fraction of sp³-hybridized carbons (Fsp3) is 0.444. The molecule has 0 aliphatic rings. The number of aromatic nitrogens is 1. The first-order valence-corrected chi connectivity index (χ1v) is 4.12. The van der Waals surface area contributed by atoms with E-state index in [2.05, 4.69) is 4.98 Å². The van der Waals surface area contributed by atoms with Crippen molar-refractivity contribution in [1.82, 2.24) is 4.98 Å². The average molecular weight is 182 g/mol. The van der Waals surface area contributed by atoms with Crippen LogP contribution in [0.3, 0.4) is 0 Å². The predicted octanol–water partition coefficient (Wildman–Crippen LogP) is 0.736. The van der Waals surface area contributed by atoms with Crippen LogP contribution in [-0.4, -0.2) is 25.2 Å². The molecule has 0 spiro atoms. The summed E-state index contributed by atoms with van der Waals surface area (Å²) in [6, 6.07) is 3.58. The molecule has 4 nitrogen and oxygen atoms in total. The molecule has 0 unspecified atom stereocenters. The second kappa shape index (κ2) is 4.67. The van der Waals surface area contributed by atoms with Crippen molar-refractivity contribution in [3.8, 4) is 11.6 Å². The van der Waals surface area contributed by atoms with Gasteiger partial charge in [-0.1, -0.05) is 0 Å². The zero-order valence-corrected chi connectivity index (χ0v) is 7.91. The molecule has 0 aliphatic heterocycles. The molecule has 0 aliphatic carbocycles. The topological polar surface area (TPSA) is 57.4 Å². The number of nitrogens with zero attached hydrogens (tertiary/aromatic N) is 1. The Kier molecular flexibility index (Phi) is 3.52. The van der Waals surface area contributed by atoms with Crippen LogP contribution in [-0.2, 0) is 0 Å². The molecular formula is C9H14N2O2. The van der Waals surface area contributed by atoms with Crippen LogP contribution in [0.2, 0.25) is 0 Å².